The lowest BCUT2D eigenvalue weighted by atomic mass is 9.73. The molecule has 0 amide bonds. The summed E-state index contributed by atoms with van der Waals surface area (Å²) in [5, 5.41) is 9.00. The molecule has 3 aliphatic rings. The van der Waals surface area contributed by atoms with Crippen molar-refractivity contribution in [3.05, 3.63) is 118 Å². The molecule has 178 valence electrons. The third-order valence-corrected chi connectivity index (χ3v) is 14.2. The summed E-state index contributed by atoms with van der Waals surface area (Å²) in [7, 11) is -1.70. The van der Waals surface area contributed by atoms with Crippen LogP contribution in [0.5, 0.6) is 0 Å². The van der Waals surface area contributed by atoms with Crippen molar-refractivity contribution in [3.8, 4) is 0 Å². The maximum absolute atomic E-state index is 2.64. The molecule has 3 atom stereocenters. The van der Waals surface area contributed by atoms with Crippen LogP contribution in [0.4, 0.5) is 0 Å². The maximum atomic E-state index is 2.64. The largest absolute Gasteiger partial charge is 0.102 e. The van der Waals surface area contributed by atoms with Gasteiger partial charge in [-0.05, 0) is 101 Å². The number of fused-ring (bicyclic) bond motifs is 1. The molecule has 0 aliphatic heterocycles. The average Bonchev–Trinajstić information content (AvgIpc) is 3.09. The van der Waals surface area contributed by atoms with E-state index < -0.39 is 7.26 Å². The molecule has 4 aromatic rings. The van der Waals surface area contributed by atoms with Gasteiger partial charge >= 0.3 is 0 Å². The highest BCUT2D eigenvalue weighted by Gasteiger charge is 2.51. The molecule has 0 radical (unpaired) electrons. The zero-order valence-corrected chi connectivity index (χ0v) is 22.5. The summed E-state index contributed by atoms with van der Waals surface area (Å²) in [6, 6.07) is 27.9. The maximum Gasteiger partial charge on any atom is 0.102 e. The highest BCUT2D eigenvalue weighted by Crippen LogP contribution is 2.76. The molecule has 0 heterocycles. The van der Waals surface area contributed by atoms with E-state index in [2.05, 4.69) is 112 Å². The van der Waals surface area contributed by atoms with Crippen LogP contribution in [0, 0.1) is 5.92 Å². The molecule has 0 spiro atoms. The van der Waals surface area contributed by atoms with Gasteiger partial charge in [0.25, 0.3) is 0 Å². The first-order valence-corrected chi connectivity index (χ1v) is 15.8. The van der Waals surface area contributed by atoms with Crippen LogP contribution in [-0.2, 0) is 6.42 Å². The van der Waals surface area contributed by atoms with Crippen molar-refractivity contribution in [2.75, 3.05) is 6.66 Å². The van der Waals surface area contributed by atoms with E-state index in [-0.39, 0.29) is 0 Å². The fraction of sp³-hybridized carbons (Fsp3) is 0.257. The second-order valence-electron chi connectivity index (χ2n) is 11.2. The van der Waals surface area contributed by atoms with Crippen molar-refractivity contribution in [1.82, 2.24) is 0 Å². The summed E-state index contributed by atoms with van der Waals surface area (Å²) in [6.07, 6.45) is 12.1. The molecule has 7 rings (SSSR count). The molecule has 36 heavy (non-hydrogen) atoms. The lowest BCUT2D eigenvalue weighted by Gasteiger charge is -2.41. The van der Waals surface area contributed by atoms with E-state index in [1.165, 1.54) is 57.5 Å². The lowest BCUT2D eigenvalue weighted by Crippen LogP contribution is -2.26. The Bertz CT molecular complexity index is 1620. The molecular formula is C35H34P+. The Hall–Kier alpha value is -2.95. The Morgan fingerprint density at radius 2 is 1.75 bits per heavy atom. The van der Waals surface area contributed by atoms with Gasteiger partial charge in [-0.25, -0.2) is 0 Å². The van der Waals surface area contributed by atoms with Crippen molar-refractivity contribution in [2.24, 2.45) is 5.92 Å². The van der Waals surface area contributed by atoms with E-state index in [0.29, 0.717) is 5.66 Å². The number of benzene rings is 4. The fourth-order valence-electron chi connectivity index (χ4n) is 7.29. The van der Waals surface area contributed by atoms with Gasteiger partial charge in [-0.2, -0.15) is 0 Å². The molecule has 3 aliphatic carbocycles. The van der Waals surface area contributed by atoms with Crippen LogP contribution in [0.15, 0.2) is 101 Å². The zero-order valence-electron chi connectivity index (χ0n) is 21.6. The summed E-state index contributed by atoms with van der Waals surface area (Å²) < 4.78 is 0. The summed E-state index contributed by atoms with van der Waals surface area (Å²) in [5.74, 6) is 0.782. The van der Waals surface area contributed by atoms with Crippen LogP contribution in [0.3, 0.4) is 0 Å². The van der Waals surface area contributed by atoms with Crippen molar-refractivity contribution in [1.29, 1.82) is 0 Å². The van der Waals surface area contributed by atoms with E-state index in [0.717, 1.165) is 12.3 Å². The second-order valence-corrected chi connectivity index (χ2v) is 15.1. The van der Waals surface area contributed by atoms with E-state index in [9.17, 15) is 0 Å². The van der Waals surface area contributed by atoms with Gasteiger partial charge in [0.05, 0.1) is 19.2 Å². The lowest BCUT2D eigenvalue weighted by molar-refractivity contribution is 0.439. The van der Waals surface area contributed by atoms with Crippen LogP contribution >= 0.6 is 7.26 Å². The van der Waals surface area contributed by atoms with Crippen molar-refractivity contribution in [2.45, 2.75) is 45.2 Å². The molecule has 0 aromatic heterocycles. The van der Waals surface area contributed by atoms with E-state index in [1.807, 2.05) is 0 Å². The average molecular weight is 486 g/mol. The van der Waals surface area contributed by atoms with Gasteiger partial charge in [0.1, 0.15) is 11.0 Å². The summed E-state index contributed by atoms with van der Waals surface area (Å²) in [6.45, 7) is 7.56. The van der Waals surface area contributed by atoms with E-state index in [4.69, 9.17) is 0 Å². The van der Waals surface area contributed by atoms with Crippen LogP contribution < -0.4 is 5.30 Å². The first-order chi connectivity index (χ1) is 17.6. The first-order valence-electron chi connectivity index (χ1n) is 13.5. The molecule has 1 saturated carbocycles. The second kappa shape index (κ2) is 8.29. The van der Waals surface area contributed by atoms with Crippen molar-refractivity contribution < 1.29 is 0 Å². The molecule has 0 saturated heterocycles. The van der Waals surface area contributed by atoms with Crippen LogP contribution in [0.25, 0.3) is 27.6 Å². The zero-order chi connectivity index (χ0) is 24.4. The highest BCUT2D eigenvalue weighted by atomic mass is 31.2. The van der Waals surface area contributed by atoms with Crippen LogP contribution in [0.2, 0.25) is 0 Å². The van der Waals surface area contributed by atoms with Gasteiger partial charge in [-0.15, -0.1) is 0 Å². The van der Waals surface area contributed by atoms with Gasteiger partial charge in [0.2, 0.25) is 0 Å². The van der Waals surface area contributed by atoms with Crippen molar-refractivity contribution in [3.63, 3.8) is 0 Å². The Morgan fingerprint density at radius 3 is 2.56 bits per heavy atom. The fourth-order valence-corrected chi connectivity index (χ4v) is 11.7. The quantitative estimate of drug-likeness (QED) is 0.199. The highest BCUT2D eigenvalue weighted by molar-refractivity contribution is 7.86. The third kappa shape index (κ3) is 3.10. The smallest absolute Gasteiger partial charge is 0.0795 e. The van der Waals surface area contributed by atoms with Gasteiger partial charge in [0, 0.05) is 5.56 Å². The van der Waals surface area contributed by atoms with Gasteiger partial charge < -0.3 is 0 Å². The minimum absolute atomic E-state index is 0.444. The standard InChI is InChI=1S/C35H34P/c1-23-15-16-25-17-21-31(25)35(23)36(3,29-13-5-4-6-14-29)24(2)30-20-18-28-12-8-10-26-9-7-11-27-19-22-32(30)34(28)33(26)27/h4-11,13-15,18-20,22,24-25H,12,16-17,21H2,1-3H3/q+1. The Labute approximate surface area is 215 Å². The Balaban J connectivity index is 1.51. The molecule has 1 fully saturated rings. The predicted octanol–water partition coefficient (Wildman–Crippen LogP) is 9.61. The van der Waals surface area contributed by atoms with Crippen LogP contribution in [-0.4, -0.2) is 6.66 Å². The van der Waals surface area contributed by atoms with Crippen LogP contribution in [0.1, 0.15) is 55.5 Å². The molecule has 1 heteroatoms. The number of rotatable bonds is 4. The summed E-state index contributed by atoms with van der Waals surface area (Å²) in [4.78, 5) is 0. The van der Waals surface area contributed by atoms with Gasteiger partial charge in [-0.1, -0.05) is 78.9 Å². The van der Waals surface area contributed by atoms with E-state index in [1.54, 1.807) is 21.8 Å². The molecule has 3 unspecified atom stereocenters. The molecule has 0 nitrogen and oxygen atoms in total. The SMILES string of the molecule is CC1=CCC2CCC2=C1[P+](C)(c1ccccc1)C(C)c1ccc2c3c1ccc1cccc(c13)C=CC2. The molecule has 4 aromatic carbocycles. The summed E-state index contributed by atoms with van der Waals surface area (Å²) >= 11 is 0. The molecular weight excluding hydrogens is 451 g/mol. The monoisotopic (exact) mass is 485 g/mol. The predicted molar refractivity (Wildman–Crippen MR) is 160 cm³/mol. The van der Waals surface area contributed by atoms with Gasteiger partial charge in [0.15, 0.2) is 0 Å². The molecule has 0 N–H and O–H groups in total. The number of hydrogen-bond acceptors (Lipinski definition) is 0. The minimum atomic E-state index is -1.70. The number of hydrogen-bond donors (Lipinski definition) is 0. The normalized spacial score (nSPS) is 21.1. The first kappa shape index (κ1) is 22.3. The molecule has 0 bridgehead atoms. The summed E-state index contributed by atoms with van der Waals surface area (Å²) in [5.41, 5.74) is 8.10. The third-order valence-electron chi connectivity index (χ3n) is 9.43. The minimum Gasteiger partial charge on any atom is -0.0795 e. The van der Waals surface area contributed by atoms with Gasteiger partial charge in [-0.3, -0.25) is 0 Å². The topological polar surface area (TPSA) is 0 Å². The van der Waals surface area contributed by atoms with Crippen molar-refractivity contribution >= 4 is 40.2 Å². The van der Waals surface area contributed by atoms with E-state index >= 15 is 0 Å². The Kier molecular flexibility index (Phi) is 5.13. The number of allylic oxidation sites excluding steroid dienone is 5. The Morgan fingerprint density at radius 1 is 0.889 bits per heavy atom.